The number of carboxylic acids is 1. The van der Waals surface area contributed by atoms with Crippen molar-refractivity contribution >= 4 is 17.8 Å². The Kier molecular flexibility index (Phi) is 6.51. The summed E-state index contributed by atoms with van der Waals surface area (Å²) in [7, 11) is 0. The molecule has 2 aromatic heterocycles. The number of carboxylic acid groups (broad SMARTS) is 1. The van der Waals surface area contributed by atoms with E-state index in [4.69, 9.17) is 14.4 Å². The number of aromatic nitrogens is 2. The van der Waals surface area contributed by atoms with Crippen molar-refractivity contribution in [2.75, 3.05) is 19.6 Å². The van der Waals surface area contributed by atoms with Crippen LogP contribution in [0.1, 0.15) is 34.5 Å². The largest absolute Gasteiger partial charge is 0.490 e. The van der Waals surface area contributed by atoms with E-state index in [9.17, 15) is 22.8 Å². The van der Waals surface area contributed by atoms with Gasteiger partial charge in [-0.25, -0.2) is 4.79 Å². The van der Waals surface area contributed by atoms with Crippen molar-refractivity contribution < 1.29 is 37.2 Å². The first-order chi connectivity index (χ1) is 15.0. The first-order valence-corrected chi connectivity index (χ1v) is 9.72. The van der Waals surface area contributed by atoms with Crippen LogP contribution in [0.5, 0.6) is 0 Å². The van der Waals surface area contributed by atoms with Gasteiger partial charge in [-0.3, -0.25) is 14.6 Å². The van der Waals surface area contributed by atoms with Crippen LogP contribution >= 0.6 is 0 Å². The molecule has 1 N–H and O–H groups in total. The molecule has 0 aliphatic carbocycles. The van der Waals surface area contributed by atoms with Gasteiger partial charge in [-0.1, -0.05) is 11.2 Å². The maximum absolute atomic E-state index is 13.0. The highest BCUT2D eigenvalue weighted by Gasteiger charge is 2.51. The molecule has 2 fully saturated rings. The van der Waals surface area contributed by atoms with E-state index in [1.165, 1.54) is 6.20 Å². The molecule has 1 spiro atoms. The zero-order chi connectivity index (χ0) is 23.5. The molecule has 1 unspecified atom stereocenters. The van der Waals surface area contributed by atoms with Crippen molar-refractivity contribution in [2.45, 2.75) is 32.5 Å². The molecule has 4 rings (SSSR count). The molecule has 0 saturated carbocycles. The Labute approximate surface area is 180 Å². The van der Waals surface area contributed by atoms with Crippen molar-refractivity contribution in [1.82, 2.24) is 19.9 Å². The topological polar surface area (TPSA) is 117 Å². The van der Waals surface area contributed by atoms with Gasteiger partial charge in [-0.15, -0.1) is 0 Å². The van der Waals surface area contributed by atoms with E-state index in [1.54, 1.807) is 24.2 Å². The molecule has 2 aliphatic rings. The highest BCUT2D eigenvalue weighted by molar-refractivity contribution is 5.96. The number of nitrogens with zero attached hydrogens (tertiary/aromatic N) is 4. The number of rotatable bonds is 3. The average molecular weight is 454 g/mol. The number of aryl methyl sites for hydroxylation is 1. The summed E-state index contributed by atoms with van der Waals surface area (Å²) in [5, 5.41) is 10.8. The number of pyridine rings is 1. The van der Waals surface area contributed by atoms with Crippen LogP contribution in [0.25, 0.3) is 0 Å². The minimum atomic E-state index is -5.08. The van der Waals surface area contributed by atoms with Crippen LogP contribution in [0, 0.1) is 12.3 Å². The molecule has 1 atom stereocenters. The number of halogens is 3. The Morgan fingerprint density at radius 1 is 1.25 bits per heavy atom. The van der Waals surface area contributed by atoms with E-state index in [2.05, 4.69) is 10.1 Å². The SMILES string of the molecule is Cc1oncc1C(=O)N1CCC2(CCN(Cc3cccnc3)C2=O)C1.O=C(O)C(F)(F)F. The second kappa shape index (κ2) is 8.97. The fourth-order valence-electron chi connectivity index (χ4n) is 3.85. The number of alkyl halides is 3. The Balaban J connectivity index is 0.000000360. The molecule has 2 amide bonds. The molecule has 4 heterocycles. The number of carbonyl (C=O) groups excluding carboxylic acids is 2. The zero-order valence-corrected chi connectivity index (χ0v) is 17.1. The van der Waals surface area contributed by atoms with Crippen molar-refractivity contribution in [3.05, 3.63) is 47.6 Å². The lowest BCUT2D eigenvalue weighted by atomic mass is 9.85. The second-order valence-corrected chi connectivity index (χ2v) is 7.69. The van der Waals surface area contributed by atoms with E-state index in [-0.39, 0.29) is 11.8 Å². The molecule has 0 aromatic carbocycles. The normalized spacial score (nSPS) is 20.4. The van der Waals surface area contributed by atoms with Crippen LogP contribution in [0.15, 0.2) is 35.2 Å². The first-order valence-electron chi connectivity index (χ1n) is 9.72. The Morgan fingerprint density at radius 3 is 2.50 bits per heavy atom. The molecule has 12 heteroatoms. The third kappa shape index (κ3) is 4.89. The quantitative estimate of drug-likeness (QED) is 0.756. The molecule has 0 radical (unpaired) electrons. The molecule has 2 aliphatic heterocycles. The number of hydrogen-bond donors (Lipinski definition) is 1. The third-order valence-corrected chi connectivity index (χ3v) is 5.56. The van der Waals surface area contributed by atoms with Gasteiger partial charge in [0.25, 0.3) is 5.91 Å². The monoisotopic (exact) mass is 454 g/mol. The van der Waals surface area contributed by atoms with Crippen LogP contribution in [0.4, 0.5) is 13.2 Å². The molecule has 9 nitrogen and oxygen atoms in total. The molecule has 32 heavy (non-hydrogen) atoms. The molecular formula is C20H21F3N4O5. The van der Waals surface area contributed by atoms with Crippen LogP contribution < -0.4 is 0 Å². The lowest BCUT2D eigenvalue weighted by molar-refractivity contribution is -0.192. The maximum Gasteiger partial charge on any atom is 0.490 e. The molecule has 2 saturated heterocycles. The Morgan fingerprint density at radius 2 is 1.94 bits per heavy atom. The van der Waals surface area contributed by atoms with Gasteiger partial charge in [0.2, 0.25) is 5.91 Å². The molecule has 2 aromatic rings. The summed E-state index contributed by atoms with van der Waals surface area (Å²) in [6.45, 7) is 4.09. The third-order valence-electron chi connectivity index (χ3n) is 5.56. The zero-order valence-electron chi connectivity index (χ0n) is 17.1. The van der Waals surface area contributed by atoms with Gasteiger partial charge in [0.15, 0.2) is 0 Å². The minimum absolute atomic E-state index is 0.103. The fraction of sp³-hybridized carbons (Fsp3) is 0.450. The summed E-state index contributed by atoms with van der Waals surface area (Å²) >= 11 is 0. The molecule has 0 bridgehead atoms. The standard InChI is InChI=1S/C18H20N4O3.C2HF3O2/c1-13-15(10-20-25-13)16(23)22-8-5-18(12-22)4-7-21(17(18)24)11-14-3-2-6-19-9-14;3-2(4,5)1(6)7/h2-3,6,9-10H,4-5,7-8,11-12H2,1H3;(H,6,7). The summed E-state index contributed by atoms with van der Waals surface area (Å²) in [4.78, 5) is 42.3. The second-order valence-electron chi connectivity index (χ2n) is 7.69. The van der Waals surface area contributed by atoms with Crippen LogP contribution in [0.2, 0.25) is 0 Å². The molecule has 172 valence electrons. The van der Waals surface area contributed by atoms with Gasteiger partial charge < -0.3 is 19.4 Å². The summed E-state index contributed by atoms with van der Waals surface area (Å²) in [6.07, 6.45) is 1.39. The number of aliphatic carboxylic acids is 1. The van der Waals surface area contributed by atoms with E-state index in [0.29, 0.717) is 37.4 Å². The highest BCUT2D eigenvalue weighted by Crippen LogP contribution is 2.41. The summed E-state index contributed by atoms with van der Waals surface area (Å²) < 4.78 is 36.7. The highest BCUT2D eigenvalue weighted by atomic mass is 19.4. The number of amides is 2. The van der Waals surface area contributed by atoms with Crippen molar-refractivity contribution in [2.24, 2.45) is 5.41 Å². The lowest BCUT2D eigenvalue weighted by Gasteiger charge is -2.23. The van der Waals surface area contributed by atoms with Crippen molar-refractivity contribution in [1.29, 1.82) is 0 Å². The predicted molar refractivity (Wildman–Crippen MR) is 102 cm³/mol. The Bertz CT molecular complexity index is 995. The number of hydrogen-bond acceptors (Lipinski definition) is 6. The van der Waals surface area contributed by atoms with E-state index < -0.39 is 17.6 Å². The van der Waals surface area contributed by atoms with Crippen molar-refractivity contribution in [3.63, 3.8) is 0 Å². The average Bonchev–Trinajstić information content (AvgIpc) is 3.44. The summed E-state index contributed by atoms with van der Waals surface area (Å²) in [5.41, 5.74) is 1.07. The van der Waals surface area contributed by atoms with E-state index >= 15 is 0 Å². The Hall–Kier alpha value is -3.44. The lowest BCUT2D eigenvalue weighted by Crippen LogP contribution is -2.38. The van der Waals surface area contributed by atoms with Crippen molar-refractivity contribution in [3.8, 4) is 0 Å². The maximum atomic E-state index is 13.0. The predicted octanol–water partition coefficient (Wildman–Crippen LogP) is 2.28. The van der Waals surface area contributed by atoms with Crippen LogP contribution in [0.3, 0.4) is 0 Å². The van der Waals surface area contributed by atoms with Gasteiger partial charge in [-0.2, -0.15) is 13.2 Å². The van der Waals surface area contributed by atoms with E-state index in [0.717, 1.165) is 18.5 Å². The summed E-state index contributed by atoms with van der Waals surface area (Å²) in [5.74, 6) is -2.20. The van der Waals surface area contributed by atoms with Gasteiger partial charge >= 0.3 is 12.1 Å². The van der Waals surface area contributed by atoms with Gasteiger partial charge in [0.05, 0.1) is 11.6 Å². The van der Waals surface area contributed by atoms with Crippen LogP contribution in [-0.4, -0.2) is 68.6 Å². The van der Waals surface area contributed by atoms with E-state index in [1.807, 2.05) is 17.0 Å². The van der Waals surface area contributed by atoms with Gasteiger partial charge in [0.1, 0.15) is 11.3 Å². The number of likely N-dealkylation sites (tertiary alicyclic amines) is 2. The molecular weight excluding hydrogens is 433 g/mol. The summed E-state index contributed by atoms with van der Waals surface area (Å²) in [6, 6.07) is 3.85. The minimum Gasteiger partial charge on any atom is -0.475 e. The van der Waals surface area contributed by atoms with Crippen LogP contribution in [-0.2, 0) is 16.1 Å². The fourth-order valence-corrected chi connectivity index (χ4v) is 3.85. The first kappa shape index (κ1) is 23.2. The smallest absolute Gasteiger partial charge is 0.475 e. The van der Waals surface area contributed by atoms with Gasteiger partial charge in [0, 0.05) is 38.6 Å². The number of carbonyl (C=O) groups is 3. The van der Waals surface area contributed by atoms with Gasteiger partial charge in [-0.05, 0) is 31.4 Å².